The monoisotopic (exact) mass is 1900 g/mol. The van der Waals surface area contributed by atoms with E-state index >= 15 is 0 Å². The third-order valence-electron chi connectivity index (χ3n) is 19.5. The van der Waals surface area contributed by atoms with Gasteiger partial charge in [0.05, 0.1) is 35.0 Å². The van der Waals surface area contributed by atoms with Gasteiger partial charge in [0.25, 0.3) is 0 Å². The predicted molar refractivity (Wildman–Crippen MR) is 510 cm³/mol. The molecule has 0 atom stereocenters. The summed E-state index contributed by atoms with van der Waals surface area (Å²) < 4.78 is 48.0. The molecule has 18 rings (SSSR count). The van der Waals surface area contributed by atoms with E-state index < -0.39 is 29.5 Å². The van der Waals surface area contributed by atoms with E-state index in [-0.39, 0.29) is 18.3 Å². The minimum absolute atomic E-state index is 0.362. The van der Waals surface area contributed by atoms with Crippen LogP contribution in [0.2, 0.25) is 0 Å². The number of imidazole rings is 1. The maximum absolute atomic E-state index is 13.9. The highest BCUT2D eigenvalue weighted by molar-refractivity contribution is 9.11. The van der Waals surface area contributed by atoms with Crippen molar-refractivity contribution in [2.75, 3.05) is 0 Å². The number of rotatable bonds is 12. The summed E-state index contributed by atoms with van der Waals surface area (Å²) in [6, 6.07) is 136. The maximum atomic E-state index is 13.9. The summed E-state index contributed by atoms with van der Waals surface area (Å²) in [6.07, 6.45) is 0. The molecule has 0 aliphatic carbocycles. The SMILES string of the molecule is Brc1ccc(Br)cc1.Brc1ccc(P(c2ccccc2)c2ccccc2)cc1.CC1(C)OB(c2ccc3c(c2)c2ccccc2n2c4ccccc4nc32)OC1(C)C.ClP(c1ccccc1)c1ccccc1.O=P(c1ccccc1)(c1ccccc1)c1ccc(Br)cc1.O=P(c1ccccc1)(c1ccccc1)c1ccc(Br)cc1. The Balaban J connectivity index is 0.000000123. The van der Waals surface area contributed by atoms with Crippen LogP contribution in [0.25, 0.3) is 38.4 Å². The number of para-hydroxylation sites is 3. The van der Waals surface area contributed by atoms with Crippen molar-refractivity contribution in [1.82, 2.24) is 9.38 Å². The Bertz CT molecular complexity index is 5720. The van der Waals surface area contributed by atoms with Gasteiger partial charge in [-0.25, -0.2) is 4.98 Å². The highest BCUT2D eigenvalue weighted by Crippen LogP contribution is 2.45. The molecule has 114 heavy (non-hydrogen) atoms. The van der Waals surface area contributed by atoms with Crippen molar-refractivity contribution >= 4 is 230 Å². The second kappa shape index (κ2) is 39.1. The first kappa shape index (κ1) is 83.7. The number of benzene rings is 15. The van der Waals surface area contributed by atoms with Gasteiger partial charge in [-0.1, -0.05) is 394 Å². The highest BCUT2D eigenvalue weighted by atomic mass is 79.9. The van der Waals surface area contributed by atoms with Crippen molar-refractivity contribution in [3.63, 3.8) is 0 Å². The van der Waals surface area contributed by atoms with Crippen LogP contribution in [0, 0.1) is 0 Å². The average Bonchev–Trinajstić information content (AvgIpc) is 1.56. The van der Waals surface area contributed by atoms with E-state index in [1.807, 2.05) is 237 Å². The van der Waals surface area contributed by atoms with Gasteiger partial charge >= 0.3 is 7.12 Å². The molecule has 2 aromatic heterocycles. The van der Waals surface area contributed by atoms with Crippen LogP contribution in [-0.4, -0.2) is 27.7 Å². The molecule has 17 aromatic rings. The summed E-state index contributed by atoms with van der Waals surface area (Å²) in [6.45, 7) is 8.35. The van der Waals surface area contributed by atoms with E-state index in [0.717, 1.165) is 87.2 Å². The van der Waals surface area contributed by atoms with E-state index in [1.54, 1.807) is 0 Å². The third-order valence-corrected chi connectivity index (χ3v) is 33.5. The summed E-state index contributed by atoms with van der Waals surface area (Å²) >= 11 is 23.4. The fourth-order valence-corrected chi connectivity index (χ4v) is 23.8. The van der Waals surface area contributed by atoms with Crippen molar-refractivity contribution in [2.24, 2.45) is 0 Å². The van der Waals surface area contributed by atoms with E-state index in [9.17, 15) is 9.13 Å². The van der Waals surface area contributed by atoms with Crippen molar-refractivity contribution < 1.29 is 18.4 Å². The molecule has 1 saturated heterocycles. The molecule has 15 aromatic carbocycles. The summed E-state index contributed by atoms with van der Waals surface area (Å²) in [7, 11) is -7.19. The summed E-state index contributed by atoms with van der Waals surface area (Å²) in [5, 5.41) is 15.2. The molecule has 1 fully saturated rings. The maximum Gasteiger partial charge on any atom is 0.494 e. The Morgan fingerprint density at radius 1 is 0.316 bits per heavy atom. The number of pyridine rings is 1. The quantitative estimate of drug-likeness (QED) is 0.0692. The number of hydrogen-bond donors (Lipinski definition) is 0. The van der Waals surface area contributed by atoms with Crippen molar-refractivity contribution in [2.45, 2.75) is 38.9 Å². The standard InChI is InChI=1S/C25H23BN2O2.2C18H14BrOP.C18H14BrP.C12H10ClP.C6H4Br2/c1-24(2)25(3,4)30-26(29-24)16-13-14-18-19(15-16)17-9-5-7-11-21(17)28-22-12-8-6-10-20(22)27-23(18)28;2*19-15-11-13-18(14-12-15)21(20,16-7-3-1-4-8-16)17-9-5-2-6-10-17;19-15-11-13-18(14-12-15)20(16-7-3-1-4-8-16)17-9-5-2-6-10-17;13-14(11-7-3-1-4-8-11)12-9-5-2-6-10-12;7-5-1-2-6(8)4-3-5/h5-15H,1-4H3;2*1-14H;1-14H;1-10H;1-4H. The first-order chi connectivity index (χ1) is 55.3. The minimum atomic E-state index is -2.82. The lowest BCUT2D eigenvalue weighted by molar-refractivity contribution is 0.00578. The summed E-state index contributed by atoms with van der Waals surface area (Å²) in [5.74, 6) is 0. The van der Waals surface area contributed by atoms with Crippen LogP contribution >= 0.6 is 120 Å². The zero-order valence-corrected chi connectivity index (χ0v) is 75.1. The van der Waals surface area contributed by atoms with Gasteiger partial charge in [-0.2, -0.15) is 0 Å². The Kier molecular flexibility index (Phi) is 28.7. The van der Waals surface area contributed by atoms with Crippen LogP contribution in [0.1, 0.15) is 27.7 Å². The van der Waals surface area contributed by atoms with Crippen molar-refractivity contribution in [3.8, 4) is 0 Å². The van der Waals surface area contributed by atoms with Crippen LogP contribution in [-0.2, 0) is 18.4 Å². The lowest BCUT2D eigenvalue weighted by atomic mass is 9.78. The fourth-order valence-electron chi connectivity index (χ4n) is 13.1. The Morgan fingerprint density at radius 2 is 0.605 bits per heavy atom. The van der Waals surface area contributed by atoms with Gasteiger partial charge in [0, 0.05) is 65.0 Å². The zero-order chi connectivity index (χ0) is 79.7. The van der Waals surface area contributed by atoms with E-state index in [4.69, 9.17) is 25.5 Å². The van der Waals surface area contributed by atoms with Gasteiger partial charge < -0.3 is 18.4 Å². The van der Waals surface area contributed by atoms with Crippen molar-refractivity contribution in [3.05, 3.63) is 429 Å². The second-order valence-corrected chi connectivity index (χ2v) is 42.5. The molecule has 6 nitrogen and oxygen atoms in total. The molecule has 0 radical (unpaired) electrons. The van der Waals surface area contributed by atoms with Gasteiger partial charge in [-0.3, -0.25) is 4.40 Å². The fraction of sp³-hybridized carbons (Fsp3) is 0.0619. The van der Waals surface area contributed by atoms with Crippen LogP contribution < -0.4 is 63.8 Å². The van der Waals surface area contributed by atoms with Gasteiger partial charge in [0.1, 0.15) is 5.65 Å². The normalized spacial score (nSPS) is 12.8. The molecule has 0 spiro atoms. The van der Waals surface area contributed by atoms with Crippen LogP contribution in [0.4, 0.5) is 0 Å². The molecule has 0 N–H and O–H groups in total. The molecule has 17 heteroatoms. The molecule has 3 heterocycles. The Labute approximate surface area is 718 Å². The molecule has 0 unspecified atom stereocenters. The van der Waals surface area contributed by atoms with Crippen LogP contribution in [0.15, 0.2) is 429 Å². The van der Waals surface area contributed by atoms with Crippen LogP contribution in [0.5, 0.6) is 0 Å². The average molecular weight is 1910 g/mol. The molecular formula is C97H79BBr5ClN2O4P4. The van der Waals surface area contributed by atoms with Gasteiger partial charge in [-0.05, 0) is 176 Å². The van der Waals surface area contributed by atoms with Gasteiger partial charge in [0.2, 0.25) is 0 Å². The summed E-state index contributed by atoms with van der Waals surface area (Å²) in [4.78, 5) is 4.97. The minimum Gasteiger partial charge on any atom is -0.399 e. The molecular weight excluding hydrogens is 1830 g/mol. The van der Waals surface area contributed by atoms with E-state index in [0.29, 0.717) is 0 Å². The lowest BCUT2D eigenvalue weighted by Gasteiger charge is -2.32. The molecule has 0 amide bonds. The number of nitrogens with zero attached hydrogens (tertiary/aromatic N) is 2. The van der Waals surface area contributed by atoms with E-state index in [1.165, 1.54) is 37.3 Å². The number of hydrogen-bond acceptors (Lipinski definition) is 5. The largest absolute Gasteiger partial charge is 0.494 e. The van der Waals surface area contributed by atoms with Crippen LogP contribution in [0.3, 0.4) is 0 Å². The zero-order valence-electron chi connectivity index (χ0n) is 62.8. The predicted octanol–water partition coefficient (Wildman–Crippen LogP) is 24.0. The molecule has 566 valence electrons. The Morgan fingerprint density at radius 3 is 0.982 bits per heavy atom. The van der Waals surface area contributed by atoms with Crippen molar-refractivity contribution in [1.29, 1.82) is 0 Å². The number of aromatic nitrogens is 2. The van der Waals surface area contributed by atoms with E-state index in [2.05, 4.69) is 282 Å². The molecule has 0 bridgehead atoms. The smallest absolute Gasteiger partial charge is 0.399 e. The number of fused-ring (bicyclic) bond motifs is 8. The first-order valence-electron chi connectivity index (χ1n) is 36.9. The van der Waals surface area contributed by atoms with Gasteiger partial charge in [0.15, 0.2) is 14.3 Å². The molecule has 1 aliphatic rings. The molecule has 1 aliphatic heterocycles. The number of halogens is 6. The highest BCUT2D eigenvalue weighted by Gasteiger charge is 2.52. The topological polar surface area (TPSA) is 69.9 Å². The summed E-state index contributed by atoms with van der Waals surface area (Å²) in [5.41, 5.74) is 4.57. The van der Waals surface area contributed by atoms with Gasteiger partial charge in [-0.15, -0.1) is 0 Å². The molecule has 0 saturated carbocycles. The second-order valence-electron chi connectivity index (χ2n) is 27.6. The first-order valence-corrected chi connectivity index (χ1v) is 47.9. The Hall–Kier alpha value is -8.24. The third kappa shape index (κ3) is 20.1. The lowest BCUT2D eigenvalue weighted by Crippen LogP contribution is -2.41.